The van der Waals surface area contributed by atoms with Gasteiger partial charge in [-0.05, 0) is 49.9 Å². The average molecular weight is 300 g/mol. The van der Waals surface area contributed by atoms with Crippen molar-refractivity contribution in [3.63, 3.8) is 0 Å². The smallest absolute Gasteiger partial charge is 0.159 e. The Labute approximate surface area is 134 Å². The van der Waals surface area contributed by atoms with Gasteiger partial charge in [0.1, 0.15) is 0 Å². The molecule has 0 N–H and O–H groups in total. The summed E-state index contributed by atoms with van der Waals surface area (Å²) in [5.41, 5.74) is 2.06. The number of rotatable bonds is 3. The molecule has 2 aliphatic rings. The molecule has 1 saturated carbocycles. The van der Waals surface area contributed by atoms with Gasteiger partial charge in [0.05, 0.1) is 0 Å². The Morgan fingerprint density at radius 3 is 2.32 bits per heavy atom. The molecule has 2 fully saturated rings. The van der Waals surface area contributed by atoms with E-state index >= 15 is 0 Å². The minimum atomic E-state index is 0.141. The van der Waals surface area contributed by atoms with Crippen LogP contribution in [0.25, 0.3) is 0 Å². The highest BCUT2D eigenvalue weighted by Crippen LogP contribution is 2.28. The molecule has 0 amide bonds. The molecule has 3 nitrogen and oxygen atoms in total. The molecule has 0 aromatic heterocycles. The standard InChI is InChI=1S/C19H28N2O/c1-15-4-3-5-19(14-15)21-12-10-20(11-13-21)18-8-6-17(7-9-18)16(2)22/h6-9,15,19H,3-5,10-14H2,1-2H3/t15-,19-/m1/s1. The van der Waals surface area contributed by atoms with Gasteiger partial charge in [-0.3, -0.25) is 9.69 Å². The number of Topliss-reactive ketones (excluding diaryl/α,β-unsaturated/α-hetero) is 1. The van der Waals surface area contributed by atoms with Gasteiger partial charge in [-0.25, -0.2) is 0 Å². The van der Waals surface area contributed by atoms with Gasteiger partial charge in [-0.2, -0.15) is 0 Å². The van der Waals surface area contributed by atoms with Crippen LogP contribution in [0.4, 0.5) is 5.69 Å². The van der Waals surface area contributed by atoms with Gasteiger partial charge in [0.25, 0.3) is 0 Å². The summed E-state index contributed by atoms with van der Waals surface area (Å²) >= 11 is 0. The molecule has 1 saturated heterocycles. The second kappa shape index (κ2) is 6.82. The summed E-state index contributed by atoms with van der Waals surface area (Å²) in [5.74, 6) is 1.04. The number of nitrogens with zero attached hydrogens (tertiary/aromatic N) is 2. The van der Waals surface area contributed by atoms with Crippen LogP contribution in [-0.2, 0) is 0 Å². The molecule has 0 unspecified atom stereocenters. The van der Waals surface area contributed by atoms with Gasteiger partial charge in [0.2, 0.25) is 0 Å². The zero-order chi connectivity index (χ0) is 15.5. The topological polar surface area (TPSA) is 23.6 Å². The van der Waals surface area contributed by atoms with Crippen LogP contribution in [0.5, 0.6) is 0 Å². The number of hydrogen-bond acceptors (Lipinski definition) is 3. The van der Waals surface area contributed by atoms with E-state index in [1.165, 1.54) is 44.5 Å². The molecule has 1 aromatic rings. The summed E-state index contributed by atoms with van der Waals surface area (Å²) in [4.78, 5) is 16.5. The predicted octanol–water partition coefficient (Wildman–Crippen LogP) is 3.59. The van der Waals surface area contributed by atoms with Crippen molar-refractivity contribution in [2.24, 2.45) is 5.92 Å². The number of carbonyl (C=O) groups is 1. The van der Waals surface area contributed by atoms with Gasteiger partial charge in [-0.15, -0.1) is 0 Å². The van der Waals surface area contributed by atoms with E-state index in [4.69, 9.17) is 0 Å². The summed E-state index contributed by atoms with van der Waals surface area (Å²) in [5, 5.41) is 0. The number of carbonyl (C=O) groups excluding carboxylic acids is 1. The molecule has 120 valence electrons. The van der Waals surface area contributed by atoms with Crippen molar-refractivity contribution < 1.29 is 4.79 Å². The average Bonchev–Trinajstić information content (AvgIpc) is 2.55. The molecular weight excluding hydrogens is 272 g/mol. The van der Waals surface area contributed by atoms with Crippen LogP contribution in [0.15, 0.2) is 24.3 Å². The lowest BCUT2D eigenvalue weighted by Gasteiger charge is -2.42. The molecule has 1 aliphatic carbocycles. The first-order valence-corrected chi connectivity index (χ1v) is 8.73. The first-order chi connectivity index (χ1) is 10.6. The maximum atomic E-state index is 11.4. The Morgan fingerprint density at radius 1 is 1.05 bits per heavy atom. The third-order valence-electron chi connectivity index (χ3n) is 5.38. The van der Waals surface area contributed by atoms with E-state index < -0.39 is 0 Å². The van der Waals surface area contributed by atoms with E-state index in [0.29, 0.717) is 0 Å². The Hall–Kier alpha value is -1.35. The lowest BCUT2D eigenvalue weighted by atomic mass is 9.86. The molecule has 1 heterocycles. The SMILES string of the molecule is CC(=O)c1ccc(N2CCN([C@@H]3CCC[C@@H](C)C3)CC2)cc1. The van der Waals surface area contributed by atoms with Gasteiger partial charge in [0, 0.05) is 43.5 Å². The Balaban J connectivity index is 1.56. The molecule has 3 heteroatoms. The number of benzene rings is 1. The number of anilines is 1. The Kier molecular flexibility index (Phi) is 4.82. The number of piperazine rings is 1. The van der Waals surface area contributed by atoms with E-state index in [-0.39, 0.29) is 5.78 Å². The third-order valence-corrected chi connectivity index (χ3v) is 5.38. The lowest BCUT2D eigenvalue weighted by Crippen LogP contribution is -2.51. The molecule has 2 atom stereocenters. The van der Waals surface area contributed by atoms with Crippen molar-refractivity contribution in [3.05, 3.63) is 29.8 Å². The molecular formula is C19H28N2O. The minimum absolute atomic E-state index is 0.141. The monoisotopic (exact) mass is 300 g/mol. The van der Waals surface area contributed by atoms with Crippen LogP contribution in [0, 0.1) is 5.92 Å². The molecule has 0 bridgehead atoms. The van der Waals surface area contributed by atoms with Gasteiger partial charge >= 0.3 is 0 Å². The fourth-order valence-electron chi connectivity index (χ4n) is 3.99. The zero-order valence-electron chi connectivity index (χ0n) is 13.9. The van der Waals surface area contributed by atoms with Crippen molar-refractivity contribution >= 4 is 11.5 Å². The number of hydrogen-bond donors (Lipinski definition) is 0. The lowest BCUT2D eigenvalue weighted by molar-refractivity contribution is 0.101. The first-order valence-electron chi connectivity index (χ1n) is 8.73. The van der Waals surface area contributed by atoms with E-state index in [2.05, 4.69) is 28.9 Å². The van der Waals surface area contributed by atoms with Crippen LogP contribution in [0.2, 0.25) is 0 Å². The maximum Gasteiger partial charge on any atom is 0.159 e. The molecule has 0 radical (unpaired) electrons. The normalized spacial score (nSPS) is 26.9. The van der Waals surface area contributed by atoms with Crippen molar-refractivity contribution in [1.82, 2.24) is 4.90 Å². The first kappa shape index (κ1) is 15.5. The molecule has 22 heavy (non-hydrogen) atoms. The Bertz CT molecular complexity index is 503. The third kappa shape index (κ3) is 3.52. The largest absolute Gasteiger partial charge is 0.369 e. The van der Waals surface area contributed by atoms with Crippen LogP contribution in [0.3, 0.4) is 0 Å². The fraction of sp³-hybridized carbons (Fsp3) is 0.632. The van der Waals surface area contributed by atoms with Gasteiger partial charge < -0.3 is 4.90 Å². The maximum absolute atomic E-state index is 11.4. The van der Waals surface area contributed by atoms with Gasteiger partial charge in [-0.1, -0.05) is 19.8 Å². The molecule has 3 rings (SSSR count). The van der Waals surface area contributed by atoms with E-state index in [1.807, 2.05) is 12.1 Å². The van der Waals surface area contributed by atoms with Crippen molar-refractivity contribution in [3.8, 4) is 0 Å². The second-order valence-corrected chi connectivity index (χ2v) is 7.05. The summed E-state index contributed by atoms with van der Waals surface area (Å²) in [6.07, 6.45) is 5.59. The van der Waals surface area contributed by atoms with Crippen molar-refractivity contribution in [1.29, 1.82) is 0 Å². The summed E-state index contributed by atoms with van der Waals surface area (Å²) in [6, 6.07) is 8.90. The Morgan fingerprint density at radius 2 is 1.73 bits per heavy atom. The highest BCUT2D eigenvalue weighted by molar-refractivity contribution is 5.94. The summed E-state index contributed by atoms with van der Waals surface area (Å²) in [6.45, 7) is 8.57. The van der Waals surface area contributed by atoms with Gasteiger partial charge in [0.15, 0.2) is 5.78 Å². The van der Waals surface area contributed by atoms with Crippen LogP contribution in [-0.4, -0.2) is 42.9 Å². The van der Waals surface area contributed by atoms with Crippen molar-refractivity contribution in [2.75, 3.05) is 31.1 Å². The van der Waals surface area contributed by atoms with E-state index in [0.717, 1.165) is 30.6 Å². The van der Waals surface area contributed by atoms with E-state index in [1.54, 1.807) is 6.92 Å². The molecule has 1 aromatic carbocycles. The number of ketones is 1. The summed E-state index contributed by atoms with van der Waals surface area (Å²) < 4.78 is 0. The second-order valence-electron chi connectivity index (χ2n) is 7.05. The highest BCUT2D eigenvalue weighted by Gasteiger charge is 2.27. The minimum Gasteiger partial charge on any atom is -0.369 e. The van der Waals surface area contributed by atoms with Crippen molar-refractivity contribution in [2.45, 2.75) is 45.6 Å². The molecule has 0 spiro atoms. The highest BCUT2D eigenvalue weighted by atomic mass is 16.1. The van der Waals surface area contributed by atoms with Crippen LogP contribution >= 0.6 is 0 Å². The van der Waals surface area contributed by atoms with E-state index in [9.17, 15) is 4.79 Å². The van der Waals surface area contributed by atoms with Crippen LogP contribution in [0.1, 0.15) is 49.9 Å². The quantitative estimate of drug-likeness (QED) is 0.797. The fourth-order valence-corrected chi connectivity index (χ4v) is 3.99. The zero-order valence-corrected chi connectivity index (χ0v) is 13.9. The van der Waals surface area contributed by atoms with Crippen LogP contribution < -0.4 is 4.90 Å². The molecule has 1 aliphatic heterocycles. The summed E-state index contributed by atoms with van der Waals surface area (Å²) in [7, 11) is 0. The predicted molar refractivity (Wildman–Crippen MR) is 91.7 cm³/mol.